The van der Waals surface area contributed by atoms with Crippen LogP contribution in [0.3, 0.4) is 0 Å². The third-order valence-electron chi connectivity index (χ3n) is 3.55. The van der Waals surface area contributed by atoms with Crippen LogP contribution in [-0.4, -0.2) is 36.8 Å². The summed E-state index contributed by atoms with van der Waals surface area (Å²) in [5, 5.41) is 0. The molecule has 5 nitrogen and oxygen atoms in total. The van der Waals surface area contributed by atoms with Gasteiger partial charge in [-0.1, -0.05) is 6.92 Å². The minimum absolute atomic E-state index is 0.107. The number of hydrogen-bond donors (Lipinski definition) is 1. The molecule has 6 heteroatoms. The van der Waals surface area contributed by atoms with Crippen LogP contribution in [0.1, 0.15) is 19.8 Å². The van der Waals surface area contributed by atoms with Gasteiger partial charge >= 0.3 is 0 Å². The van der Waals surface area contributed by atoms with Gasteiger partial charge in [0.1, 0.15) is 4.90 Å². The summed E-state index contributed by atoms with van der Waals surface area (Å²) in [4.78, 5) is 4.13. The van der Waals surface area contributed by atoms with Crippen LogP contribution in [0.5, 0.6) is 0 Å². The van der Waals surface area contributed by atoms with E-state index in [9.17, 15) is 8.42 Å². The summed E-state index contributed by atoms with van der Waals surface area (Å²) >= 11 is 0. The zero-order chi connectivity index (χ0) is 13.2. The summed E-state index contributed by atoms with van der Waals surface area (Å²) in [5.41, 5.74) is 5.74. The molecule has 0 bridgehead atoms. The number of pyridine rings is 1. The first-order valence-corrected chi connectivity index (χ1v) is 7.63. The van der Waals surface area contributed by atoms with Gasteiger partial charge in [-0.3, -0.25) is 4.98 Å². The topological polar surface area (TPSA) is 76.3 Å². The highest BCUT2D eigenvalue weighted by atomic mass is 32.2. The van der Waals surface area contributed by atoms with Crippen molar-refractivity contribution in [2.24, 2.45) is 11.7 Å². The molecule has 1 aliphatic rings. The molecule has 0 saturated carbocycles. The molecular weight excluding hydrogens is 250 g/mol. The van der Waals surface area contributed by atoms with Gasteiger partial charge < -0.3 is 5.73 Å². The highest BCUT2D eigenvalue weighted by molar-refractivity contribution is 7.89. The maximum absolute atomic E-state index is 12.5. The molecule has 100 valence electrons. The largest absolute Gasteiger partial charge is 0.329 e. The summed E-state index contributed by atoms with van der Waals surface area (Å²) in [5.74, 6) is 0.301. The molecule has 1 aromatic rings. The lowest BCUT2D eigenvalue weighted by atomic mass is 9.93. The van der Waals surface area contributed by atoms with E-state index in [1.807, 2.05) is 0 Å². The van der Waals surface area contributed by atoms with Crippen molar-refractivity contribution in [2.75, 3.05) is 13.1 Å². The minimum Gasteiger partial charge on any atom is -0.329 e. The van der Waals surface area contributed by atoms with Gasteiger partial charge in [-0.25, -0.2) is 8.42 Å². The summed E-state index contributed by atoms with van der Waals surface area (Å²) < 4.78 is 26.6. The van der Waals surface area contributed by atoms with E-state index in [0.717, 1.165) is 12.8 Å². The van der Waals surface area contributed by atoms with Crippen molar-refractivity contribution in [1.29, 1.82) is 0 Å². The number of rotatable bonds is 3. The molecule has 2 rings (SSSR count). The predicted molar refractivity (Wildman–Crippen MR) is 69.4 cm³/mol. The Bertz CT molecular complexity index is 489. The van der Waals surface area contributed by atoms with Crippen LogP contribution in [0.4, 0.5) is 0 Å². The van der Waals surface area contributed by atoms with Crippen molar-refractivity contribution in [1.82, 2.24) is 9.29 Å². The molecule has 0 radical (unpaired) electrons. The standard InChI is InChI=1S/C12H19N3O2S/c1-10-4-3-7-15(12(10)8-13)18(16,17)11-5-2-6-14-9-11/h2,5-6,9-10,12H,3-4,7-8,13H2,1H3/t10-,12-/m0/s1. The SMILES string of the molecule is C[C@H]1CCCN(S(=O)(=O)c2cccnc2)[C@H]1CN. The molecule has 1 aliphatic heterocycles. The lowest BCUT2D eigenvalue weighted by molar-refractivity contribution is 0.192. The van der Waals surface area contributed by atoms with Crippen molar-refractivity contribution in [3.63, 3.8) is 0 Å². The normalized spacial score (nSPS) is 26.1. The average Bonchev–Trinajstić information content (AvgIpc) is 2.39. The molecular formula is C12H19N3O2S. The molecule has 0 aliphatic carbocycles. The van der Waals surface area contributed by atoms with Crippen molar-refractivity contribution >= 4 is 10.0 Å². The predicted octanol–water partition coefficient (Wildman–Crippen LogP) is 0.830. The van der Waals surface area contributed by atoms with Crippen molar-refractivity contribution in [3.8, 4) is 0 Å². The van der Waals surface area contributed by atoms with Crippen LogP contribution in [0, 0.1) is 5.92 Å². The van der Waals surface area contributed by atoms with Gasteiger partial charge in [-0.2, -0.15) is 4.31 Å². The minimum atomic E-state index is -3.47. The number of hydrogen-bond acceptors (Lipinski definition) is 4. The fourth-order valence-corrected chi connectivity index (χ4v) is 4.23. The van der Waals surface area contributed by atoms with Crippen molar-refractivity contribution in [3.05, 3.63) is 24.5 Å². The first-order chi connectivity index (χ1) is 8.57. The number of sulfonamides is 1. The second-order valence-electron chi connectivity index (χ2n) is 4.73. The van der Waals surface area contributed by atoms with Gasteiger partial charge in [0, 0.05) is 31.5 Å². The monoisotopic (exact) mass is 269 g/mol. The van der Waals surface area contributed by atoms with Gasteiger partial charge in [0.05, 0.1) is 0 Å². The number of nitrogens with zero attached hydrogens (tertiary/aromatic N) is 2. The summed E-state index contributed by atoms with van der Waals surface area (Å²) in [7, 11) is -3.47. The third kappa shape index (κ3) is 2.41. The van der Waals surface area contributed by atoms with Crippen LogP contribution >= 0.6 is 0 Å². The van der Waals surface area contributed by atoms with Crippen LogP contribution < -0.4 is 5.73 Å². The van der Waals surface area contributed by atoms with Crippen LogP contribution in [0.25, 0.3) is 0 Å². The molecule has 0 amide bonds. The lowest BCUT2D eigenvalue weighted by Gasteiger charge is -2.38. The smallest absolute Gasteiger partial charge is 0.244 e. The summed E-state index contributed by atoms with van der Waals surface area (Å²) in [6.07, 6.45) is 4.87. The maximum atomic E-state index is 12.5. The number of nitrogens with two attached hydrogens (primary N) is 1. The third-order valence-corrected chi connectivity index (χ3v) is 5.46. The second kappa shape index (κ2) is 5.34. The van der Waals surface area contributed by atoms with Crippen LogP contribution in [-0.2, 0) is 10.0 Å². The van der Waals surface area contributed by atoms with Crippen LogP contribution in [0.2, 0.25) is 0 Å². The molecule has 18 heavy (non-hydrogen) atoms. The molecule has 2 N–H and O–H groups in total. The number of piperidine rings is 1. The van der Waals surface area contributed by atoms with E-state index in [1.165, 1.54) is 10.5 Å². The second-order valence-corrected chi connectivity index (χ2v) is 6.62. The molecule has 0 unspecified atom stereocenters. The van der Waals surface area contributed by atoms with Gasteiger partial charge in [-0.15, -0.1) is 0 Å². The molecule has 0 aromatic carbocycles. The van der Waals surface area contributed by atoms with Gasteiger partial charge in [-0.05, 0) is 30.9 Å². The molecule has 1 aromatic heterocycles. The quantitative estimate of drug-likeness (QED) is 0.881. The highest BCUT2D eigenvalue weighted by Crippen LogP contribution is 2.28. The molecule has 0 spiro atoms. The molecule has 2 atom stereocenters. The Hall–Kier alpha value is -0.980. The molecule has 1 fully saturated rings. The fourth-order valence-electron chi connectivity index (χ4n) is 2.49. The Morgan fingerprint density at radius 3 is 2.94 bits per heavy atom. The maximum Gasteiger partial charge on any atom is 0.244 e. The summed E-state index contributed by atoms with van der Waals surface area (Å²) in [6.45, 7) is 2.96. The summed E-state index contributed by atoms with van der Waals surface area (Å²) in [6, 6.07) is 3.11. The lowest BCUT2D eigenvalue weighted by Crippen LogP contribution is -2.51. The zero-order valence-corrected chi connectivity index (χ0v) is 11.3. The molecule has 1 saturated heterocycles. The van der Waals surface area contributed by atoms with Gasteiger partial charge in [0.2, 0.25) is 10.0 Å². The van der Waals surface area contributed by atoms with Crippen LogP contribution in [0.15, 0.2) is 29.4 Å². The fraction of sp³-hybridized carbons (Fsp3) is 0.583. The van der Waals surface area contributed by atoms with E-state index >= 15 is 0 Å². The van der Waals surface area contributed by atoms with Gasteiger partial charge in [0.15, 0.2) is 0 Å². The van der Waals surface area contributed by atoms with E-state index in [-0.39, 0.29) is 10.9 Å². The Labute approximate surface area is 108 Å². The van der Waals surface area contributed by atoms with Gasteiger partial charge in [0.25, 0.3) is 0 Å². The van der Waals surface area contributed by atoms with Crippen molar-refractivity contribution in [2.45, 2.75) is 30.7 Å². The molecule has 2 heterocycles. The van der Waals surface area contributed by atoms with Crippen molar-refractivity contribution < 1.29 is 8.42 Å². The average molecular weight is 269 g/mol. The van der Waals surface area contributed by atoms with E-state index in [4.69, 9.17) is 5.73 Å². The van der Waals surface area contributed by atoms with E-state index in [1.54, 1.807) is 18.3 Å². The Balaban J connectivity index is 2.34. The highest BCUT2D eigenvalue weighted by Gasteiger charge is 2.36. The Morgan fingerprint density at radius 1 is 1.56 bits per heavy atom. The number of aromatic nitrogens is 1. The first-order valence-electron chi connectivity index (χ1n) is 6.19. The Kier molecular flexibility index (Phi) is 3.99. The van der Waals surface area contributed by atoms with E-state index in [0.29, 0.717) is 19.0 Å². The Morgan fingerprint density at radius 2 is 2.33 bits per heavy atom. The first kappa shape index (κ1) is 13.5. The van der Waals surface area contributed by atoms with E-state index in [2.05, 4.69) is 11.9 Å². The van der Waals surface area contributed by atoms with E-state index < -0.39 is 10.0 Å². The zero-order valence-electron chi connectivity index (χ0n) is 10.5.